The van der Waals surface area contributed by atoms with E-state index in [2.05, 4.69) is 10.5 Å². The number of phenolic OH excluding ortho intramolecular Hbond substituents is 1. The van der Waals surface area contributed by atoms with Crippen molar-refractivity contribution in [3.8, 4) is 11.5 Å². The number of benzene rings is 4. The van der Waals surface area contributed by atoms with Crippen LogP contribution in [0.2, 0.25) is 0 Å². The largest absolute Gasteiger partial charge is 0.507 e. The molecule has 6 heteroatoms. The fraction of sp³-hybridized carbons (Fsp3) is 0. The molecule has 152 valence electrons. The van der Waals surface area contributed by atoms with Crippen LogP contribution in [0.15, 0.2) is 96.1 Å². The molecule has 0 aliphatic heterocycles. The van der Waals surface area contributed by atoms with E-state index in [1.807, 2.05) is 36.4 Å². The zero-order valence-electron chi connectivity index (χ0n) is 16.4. The predicted molar refractivity (Wildman–Crippen MR) is 119 cm³/mol. The lowest BCUT2D eigenvalue weighted by molar-refractivity contribution is 0.0734. The topological polar surface area (TPSA) is 88.0 Å². The molecule has 6 nitrogen and oxygen atoms in total. The van der Waals surface area contributed by atoms with Crippen LogP contribution in [0.3, 0.4) is 0 Å². The maximum atomic E-state index is 12.5. The molecule has 31 heavy (non-hydrogen) atoms. The SMILES string of the molecule is O=C(Oc1ccc2ccccc2c1/C=N/NC(=O)c1ccccc1O)c1ccccc1. The molecule has 0 spiro atoms. The molecule has 0 saturated carbocycles. The van der Waals surface area contributed by atoms with Crippen LogP contribution in [0.1, 0.15) is 26.3 Å². The third-order valence-corrected chi connectivity index (χ3v) is 4.65. The third kappa shape index (κ3) is 4.43. The third-order valence-electron chi connectivity index (χ3n) is 4.65. The molecule has 4 aromatic rings. The van der Waals surface area contributed by atoms with E-state index in [4.69, 9.17) is 4.74 Å². The predicted octanol–water partition coefficient (Wildman–Crippen LogP) is 4.53. The fourth-order valence-electron chi connectivity index (χ4n) is 3.11. The zero-order chi connectivity index (χ0) is 21.6. The van der Waals surface area contributed by atoms with Crippen molar-refractivity contribution in [2.24, 2.45) is 5.10 Å². The summed E-state index contributed by atoms with van der Waals surface area (Å²) in [5.74, 6) is -0.882. The molecular formula is C25H18N2O4. The maximum Gasteiger partial charge on any atom is 0.343 e. The molecule has 2 N–H and O–H groups in total. The van der Waals surface area contributed by atoms with Gasteiger partial charge in [-0.3, -0.25) is 4.79 Å². The van der Waals surface area contributed by atoms with E-state index in [-0.39, 0.29) is 11.3 Å². The van der Waals surface area contributed by atoms with Crippen molar-refractivity contribution in [3.63, 3.8) is 0 Å². The number of hydrazone groups is 1. The number of ether oxygens (including phenoxy) is 1. The number of rotatable bonds is 5. The highest BCUT2D eigenvalue weighted by Gasteiger charge is 2.14. The first kappa shape index (κ1) is 19.8. The minimum atomic E-state index is -0.558. The second kappa shape index (κ2) is 8.92. The average Bonchev–Trinajstić information content (AvgIpc) is 2.81. The number of amides is 1. The molecule has 0 fully saturated rings. The molecule has 4 rings (SSSR count). The summed E-state index contributed by atoms with van der Waals surface area (Å²) in [4.78, 5) is 24.8. The molecule has 0 aliphatic rings. The molecule has 0 atom stereocenters. The quantitative estimate of drug-likeness (QED) is 0.219. The van der Waals surface area contributed by atoms with E-state index in [1.165, 1.54) is 18.3 Å². The smallest absolute Gasteiger partial charge is 0.343 e. The minimum Gasteiger partial charge on any atom is -0.507 e. The first-order valence-corrected chi connectivity index (χ1v) is 9.54. The number of fused-ring (bicyclic) bond motifs is 1. The van der Waals surface area contributed by atoms with Crippen molar-refractivity contribution in [2.75, 3.05) is 0 Å². The van der Waals surface area contributed by atoms with Crippen molar-refractivity contribution < 1.29 is 19.4 Å². The summed E-state index contributed by atoms with van der Waals surface area (Å²) in [7, 11) is 0. The summed E-state index contributed by atoms with van der Waals surface area (Å²) in [5.41, 5.74) is 3.46. The Bertz CT molecular complexity index is 1280. The molecule has 4 aromatic carbocycles. The highest BCUT2D eigenvalue weighted by atomic mass is 16.5. The lowest BCUT2D eigenvalue weighted by atomic mass is 10.0. The monoisotopic (exact) mass is 410 g/mol. The Morgan fingerprint density at radius 3 is 2.35 bits per heavy atom. The molecule has 0 aromatic heterocycles. The van der Waals surface area contributed by atoms with Crippen LogP contribution in [0.25, 0.3) is 10.8 Å². The molecule has 0 bridgehead atoms. The number of phenols is 1. The van der Waals surface area contributed by atoms with E-state index in [0.29, 0.717) is 16.9 Å². The normalized spacial score (nSPS) is 10.8. The van der Waals surface area contributed by atoms with Gasteiger partial charge in [-0.05, 0) is 41.1 Å². The first-order chi connectivity index (χ1) is 15.1. The van der Waals surface area contributed by atoms with Crippen molar-refractivity contribution >= 4 is 28.9 Å². The van der Waals surface area contributed by atoms with Crippen molar-refractivity contribution in [1.82, 2.24) is 5.43 Å². The Labute approximate surface area is 178 Å². The van der Waals surface area contributed by atoms with Gasteiger partial charge in [0, 0.05) is 5.56 Å². The van der Waals surface area contributed by atoms with E-state index in [0.717, 1.165) is 10.8 Å². The Morgan fingerprint density at radius 2 is 1.55 bits per heavy atom. The van der Waals surface area contributed by atoms with Gasteiger partial charge in [-0.15, -0.1) is 0 Å². The molecule has 0 unspecified atom stereocenters. The highest BCUT2D eigenvalue weighted by molar-refractivity contribution is 6.04. The van der Waals surface area contributed by atoms with Gasteiger partial charge in [0.1, 0.15) is 11.5 Å². The number of para-hydroxylation sites is 1. The lowest BCUT2D eigenvalue weighted by Crippen LogP contribution is -2.18. The van der Waals surface area contributed by atoms with Gasteiger partial charge in [0.05, 0.1) is 17.3 Å². The second-order valence-corrected chi connectivity index (χ2v) is 6.67. The van der Waals surface area contributed by atoms with Gasteiger partial charge < -0.3 is 9.84 Å². The van der Waals surface area contributed by atoms with Gasteiger partial charge in [0.2, 0.25) is 0 Å². The van der Waals surface area contributed by atoms with E-state index in [9.17, 15) is 14.7 Å². The molecule has 0 saturated heterocycles. The average molecular weight is 410 g/mol. The van der Waals surface area contributed by atoms with Gasteiger partial charge >= 0.3 is 5.97 Å². The van der Waals surface area contributed by atoms with Crippen LogP contribution in [-0.4, -0.2) is 23.2 Å². The van der Waals surface area contributed by atoms with Gasteiger partial charge in [-0.2, -0.15) is 5.10 Å². The number of aromatic hydroxyl groups is 1. The fourth-order valence-corrected chi connectivity index (χ4v) is 3.11. The van der Waals surface area contributed by atoms with Crippen LogP contribution in [0.4, 0.5) is 0 Å². The zero-order valence-corrected chi connectivity index (χ0v) is 16.4. The van der Waals surface area contributed by atoms with Crippen LogP contribution < -0.4 is 10.2 Å². The van der Waals surface area contributed by atoms with E-state index in [1.54, 1.807) is 42.5 Å². The Balaban J connectivity index is 1.64. The molecule has 0 aliphatic carbocycles. The molecule has 0 heterocycles. The summed E-state index contributed by atoms with van der Waals surface area (Å²) >= 11 is 0. The van der Waals surface area contributed by atoms with Crippen molar-refractivity contribution in [3.05, 3.63) is 108 Å². The van der Waals surface area contributed by atoms with Crippen LogP contribution in [0, 0.1) is 0 Å². The summed E-state index contributed by atoms with van der Waals surface area (Å²) in [6, 6.07) is 26.0. The standard InChI is InChI=1S/C25H18N2O4/c28-22-13-7-6-12-20(22)24(29)27-26-16-21-19-11-5-4-8-17(19)14-15-23(21)31-25(30)18-9-2-1-3-10-18/h1-16,28H,(H,27,29)/b26-16+. The number of nitrogens with one attached hydrogen (secondary N) is 1. The number of carbonyl (C=O) groups is 2. The Hall–Kier alpha value is -4.45. The summed E-state index contributed by atoms with van der Waals surface area (Å²) in [5, 5.41) is 15.6. The molecular weight excluding hydrogens is 392 g/mol. The Kier molecular flexibility index (Phi) is 5.71. The van der Waals surface area contributed by atoms with Crippen LogP contribution >= 0.6 is 0 Å². The van der Waals surface area contributed by atoms with Gasteiger partial charge in [0.15, 0.2) is 0 Å². The van der Waals surface area contributed by atoms with Crippen molar-refractivity contribution in [1.29, 1.82) is 0 Å². The van der Waals surface area contributed by atoms with E-state index >= 15 is 0 Å². The summed E-state index contributed by atoms with van der Waals surface area (Å²) in [6.07, 6.45) is 1.42. The number of nitrogens with zero attached hydrogens (tertiary/aromatic N) is 1. The van der Waals surface area contributed by atoms with E-state index < -0.39 is 11.9 Å². The molecule has 1 amide bonds. The van der Waals surface area contributed by atoms with Crippen LogP contribution in [-0.2, 0) is 0 Å². The number of esters is 1. The first-order valence-electron chi connectivity index (χ1n) is 9.54. The van der Waals surface area contributed by atoms with Crippen LogP contribution in [0.5, 0.6) is 11.5 Å². The Morgan fingerprint density at radius 1 is 0.839 bits per heavy atom. The second-order valence-electron chi connectivity index (χ2n) is 6.67. The summed E-state index contributed by atoms with van der Waals surface area (Å²) < 4.78 is 5.62. The number of hydrogen-bond acceptors (Lipinski definition) is 5. The maximum absolute atomic E-state index is 12.5. The van der Waals surface area contributed by atoms with Gasteiger partial charge in [-0.25, -0.2) is 10.2 Å². The molecule has 0 radical (unpaired) electrons. The lowest BCUT2D eigenvalue weighted by Gasteiger charge is -2.10. The number of carbonyl (C=O) groups excluding carboxylic acids is 2. The summed E-state index contributed by atoms with van der Waals surface area (Å²) in [6.45, 7) is 0. The van der Waals surface area contributed by atoms with Crippen molar-refractivity contribution in [2.45, 2.75) is 0 Å². The van der Waals surface area contributed by atoms with Gasteiger partial charge in [0.25, 0.3) is 5.91 Å². The van der Waals surface area contributed by atoms with Gasteiger partial charge in [-0.1, -0.05) is 60.7 Å². The minimum absolute atomic E-state index is 0.105. The highest BCUT2D eigenvalue weighted by Crippen LogP contribution is 2.27. The number of hydrogen-bond donors (Lipinski definition) is 2.